The van der Waals surface area contributed by atoms with Crippen LogP contribution in [0.4, 0.5) is 4.79 Å². The van der Waals surface area contributed by atoms with Crippen LogP contribution in [0.2, 0.25) is 0 Å². The minimum Gasteiger partial charge on any atom is -0.449 e. The Labute approximate surface area is 164 Å². The normalized spacial score (nSPS) is 11.6. The molecular formula is C19H18N4O4S. The van der Waals surface area contributed by atoms with Crippen LogP contribution in [0.25, 0.3) is 10.6 Å². The Morgan fingerprint density at radius 2 is 1.96 bits per heavy atom. The molecule has 0 aliphatic carbocycles. The first kappa shape index (κ1) is 19.3. The number of aromatic nitrogens is 2. The maximum Gasteiger partial charge on any atom is 0.342 e. The number of benzene rings is 1. The molecule has 0 aliphatic rings. The minimum absolute atomic E-state index is 0.233. The van der Waals surface area contributed by atoms with Crippen molar-refractivity contribution in [1.29, 1.82) is 0 Å². The van der Waals surface area contributed by atoms with E-state index in [1.54, 1.807) is 10.9 Å². The van der Waals surface area contributed by atoms with Crippen LogP contribution in [-0.4, -0.2) is 33.8 Å². The van der Waals surface area contributed by atoms with Crippen molar-refractivity contribution in [2.45, 2.75) is 19.6 Å². The van der Waals surface area contributed by atoms with Crippen molar-refractivity contribution in [3.8, 4) is 10.6 Å². The van der Waals surface area contributed by atoms with Crippen LogP contribution < -0.4 is 11.1 Å². The molecule has 0 aliphatic heterocycles. The van der Waals surface area contributed by atoms with Gasteiger partial charge in [0.2, 0.25) is 0 Å². The van der Waals surface area contributed by atoms with E-state index in [1.807, 2.05) is 53.2 Å². The Hall–Kier alpha value is -3.46. The lowest BCUT2D eigenvalue weighted by molar-refractivity contribution is -0.127. The quantitative estimate of drug-likeness (QED) is 0.619. The fraction of sp³-hybridized carbons (Fsp3) is 0.158. The molecule has 0 saturated heterocycles. The van der Waals surface area contributed by atoms with Gasteiger partial charge in [-0.05, 0) is 23.9 Å². The summed E-state index contributed by atoms with van der Waals surface area (Å²) in [5.74, 6) is -1.51. The van der Waals surface area contributed by atoms with E-state index in [9.17, 15) is 14.4 Å². The van der Waals surface area contributed by atoms with Gasteiger partial charge in [-0.2, -0.15) is 5.10 Å². The lowest BCUT2D eigenvalue weighted by Gasteiger charge is -2.11. The van der Waals surface area contributed by atoms with E-state index in [0.29, 0.717) is 12.2 Å². The number of primary amides is 1. The zero-order valence-corrected chi connectivity index (χ0v) is 15.8. The standard InChI is InChI=1S/C19H18N4O4S/c1-12(17(24)21-19(20)26)27-18(25)14-11-23(10-13-6-3-2-4-7-13)22-16(14)15-8-5-9-28-15/h2-9,11-12H,10H2,1H3,(H3,20,21,24,26)/t12-/m1/s1. The second kappa shape index (κ2) is 8.49. The molecule has 3 N–H and O–H groups in total. The van der Waals surface area contributed by atoms with Gasteiger partial charge in [0.05, 0.1) is 11.4 Å². The summed E-state index contributed by atoms with van der Waals surface area (Å²) in [6.45, 7) is 1.83. The molecule has 0 saturated carbocycles. The van der Waals surface area contributed by atoms with E-state index >= 15 is 0 Å². The molecule has 28 heavy (non-hydrogen) atoms. The monoisotopic (exact) mass is 398 g/mol. The predicted molar refractivity (Wildman–Crippen MR) is 104 cm³/mol. The fourth-order valence-electron chi connectivity index (χ4n) is 2.52. The molecular weight excluding hydrogens is 380 g/mol. The summed E-state index contributed by atoms with van der Waals surface area (Å²) >= 11 is 1.44. The molecule has 0 radical (unpaired) electrons. The number of nitrogens with two attached hydrogens (primary N) is 1. The number of hydrogen-bond donors (Lipinski definition) is 2. The highest BCUT2D eigenvalue weighted by molar-refractivity contribution is 7.13. The van der Waals surface area contributed by atoms with Gasteiger partial charge in [-0.1, -0.05) is 36.4 Å². The largest absolute Gasteiger partial charge is 0.449 e. The number of amides is 3. The van der Waals surface area contributed by atoms with Crippen LogP contribution in [0.15, 0.2) is 54.0 Å². The third-order valence-corrected chi connectivity index (χ3v) is 4.70. The first-order valence-electron chi connectivity index (χ1n) is 8.40. The number of urea groups is 1. The summed E-state index contributed by atoms with van der Waals surface area (Å²) in [5.41, 5.74) is 6.64. The minimum atomic E-state index is -1.19. The number of rotatable bonds is 6. The van der Waals surface area contributed by atoms with Crippen molar-refractivity contribution in [1.82, 2.24) is 15.1 Å². The summed E-state index contributed by atoms with van der Waals surface area (Å²) in [4.78, 5) is 36.0. The van der Waals surface area contributed by atoms with Crippen molar-refractivity contribution in [2.75, 3.05) is 0 Å². The lowest BCUT2D eigenvalue weighted by Crippen LogP contribution is -2.42. The Bertz CT molecular complexity index is 983. The van der Waals surface area contributed by atoms with Gasteiger partial charge in [-0.25, -0.2) is 9.59 Å². The van der Waals surface area contributed by atoms with E-state index < -0.39 is 24.0 Å². The van der Waals surface area contributed by atoms with Crippen LogP contribution in [-0.2, 0) is 16.1 Å². The van der Waals surface area contributed by atoms with E-state index in [-0.39, 0.29) is 5.56 Å². The molecule has 0 spiro atoms. The van der Waals surface area contributed by atoms with Crippen molar-refractivity contribution in [2.24, 2.45) is 5.73 Å². The Balaban J connectivity index is 1.85. The van der Waals surface area contributed by atoms with Gasteiger partial charge in [0.25, 0.3) is 5.91 Å². The number of nitrogens with one attached hydrogen (secondary N) is 1. The number of imide groups is 1. The highest BCUT2D eigenvalue weighted by Gasteiger charge is 2.25. The number of esters is 1. The van der Waals surface area contributed by atoms with Crippen LogP contribution in [0.3, 0.4) is 0 Å². The molecule has 0 bridgehead atoms. The van der Waals surface area contributed by atoms with Gasteiger partial charge in [0.1, 0.15) is 11.3 Å². The maximum absolute atomic E-state index is 12.7. The van der Waals surface area contributed by atoms with E-state index in [0.717, 1.165) is 10.4 Å². The summed E-state index contributed by atoms with van der Waals surface area (Å²) in [6.07, 6.45) is 0.400. The average Bonchev–Trinajstić information content (AvgIpc) is 3.31. The molecule has 3 amide bonds. The number of carbonyl (C=O) groups is 3. The predicted octanol–water partition coefficient (Wildman–Crippen LogP) is 2.40. The van der Waals surface area contributed by atoms with Crippen LogP contribution >= 0.6 is 11.3 Å². The highest BCUT2D eigenvalue weighted by atomic mass is 32.1. The molecule has 0 fully saturated rings. The molecule has 144 valence electrons. The average molecular weight is 398 g/mol. The lowest BCUT2D eigenvalue weighted by atomic mass is 10.2. The number of thiophene rings is 1. The van der Waals surface area contributed by atoms with Crippen LogP contribution in [0.1, 0.15) is 22.8 Å². The molecule has 1 atom stereocenters. The zero-order chi connectivity index (χ0) is 20.1. The third-order valence-electron chi connectivity index (χ3n) is 3.82. The van der Waals surface area contributed by atoms with Crippen molar-refractivity contribution >= 4 is 29.2 Å². The summed E-state index contributed by atoms with van der Waals surface area (Å²) < 4.78 is 6.84. The Morgan fingerprint density at radius 3 is 2.61 bits per heavy atom. The smallest absolute Gasteiger partial charge is 0.342 e. The number of carbonyl (C=O) groups excluding carboxylic acids is 3. The highest BCUT2D eigenvalue weighted by Crippen LogP contribution is 2.27. The molecule has 0 unspecified atom stereocenters. The SMILES string of the molecule is C[C@@H](OC(=O)c1cn(Cc2ccccc2)nc1-c1cccs1)C(=O)NC(N)=O. The Morgan fingerprint density at radius 1 is 1.21 bits per heavy atom. The molecule has 1 aromatic carbocycles. The number of ether oxygens (including phenoxy) is 1. The van der Waals surface area contributed by atoms with E-state index in [2.05, 4.69) is 5.10 Å². The second-order valence-corrected chi connectivity index (χ2v) is 6.90. The molecule has 3 rings (SSSR count). The number of hydrogen-bond acceptors (Lipinski definition) is 6. The van der Waals surface area contributed by atoms with Crippen LogP contribution in [0, 0.1) is 0 Å². The van der Waals surface area contributed by atoms with Crippen LogP contribution in [0.5, 0.6) is 0 Å². The molecule has 2 heterocycles. The van der Waals surface area contributed by atoms with Crippen molar-refractivity contribution in [3.05, 3.63) is 65.2 Å². The maximum atomic E-state index is 12.7. The van der Waals surface area contributed by atoms with E-state index in [4.69, 9.17) is 10.5 Å². The third kappa shape index (κ3) is 4.63. The van der Waals surface area contributed by atoms with Crippen molar-refractivity contribution < 1.29 is 19.1 Å². The summed E-state index contributed by atoms with van der Waals surface area (Å²) in [6, 6.07) is 12.4. The fourth-order valence-corrected chi connectivity index (χ4v) is 3.24. The van der Waals surface area contributed by atoms with Gasteiger partial charge in [-0.15, -0.1) is 11.3 Å². The number of nitrogens with zero attached hydrogens (tertiary/aromatic N) is 2. The van der Waals surface area contributed by atoms with Gasteiger partial charge < -0.3 is 10.5 Å². The second-order valence-electron chi connectivity index (χ2n) is 5.95. The first-order chi connectivity index (χ1) is 13.4. The van der Waals surface area contributed by atoms with Gasteiger partial charge in [0.15, 0.2) is 6.10 Å². The van der Waals surface area contributed by atoms with Gasteiger partial charge >= 0.3 is 12.0 Å². The molecule has 8 nitrogen and oxygen atoms in total. The zero-order valence-electron chi connectivity index (χ0n) is 15.0. The topological polar surface area (TPSA) is 116 Å². The molecule has 3 aromatic rings. The Kier molecular flexibility index (Phi) is 5.85. The van der Waals surface area contributed by atoms with Gasteiger partial charge in [-0.3, -0.25) is 14.8 Å². The molecule has 2 aromatic heterocycles. The van der Waals surface area contributed by atoms with Gasteiger partial charge in [0, 0.05) is 6.20 Å². The first-order valence-corrected chi connectivity index (χ1v) is 9.28. The van der Waals surface area contributed by atoms with E-state index in [1.165, 1.54) is 18.3 Å². The molecule has 9 heteroatoms. The summed E-state index contributed by atoms with van der Waals surface area (Å²) in [5, 5.41) is 8.28. The summed E-state index contributed by atoms with van der Waals surface area (Å²) in [7, 11) is 0. The van der Waals surface area contributed by atoms with Crippen molar-refractivity contribution in [3.63, 3.8) is 0 Å².